The van der Waals surface area contributed by atoms with Gasteiger partial charge in [-0.1, -0.05) is 0 Å². The molecule has 1 N–H and O–H groups in total. The van der Waals surface area contributed by atoms with Gasteiger partial charge in [0.15, 0.2) is 0 Å². The number of hydrogen-bond acceptors (Lipinski definition) is 3. The Morgan fingerprint density at radius 1 is 1.47 bits per heavy atom. The molecule has 0 saturated carbocycles. The smallest absolute Gasteiger partial charge is 0.311 e. The normalized spacial score (nSPS) is 33.5. The van der Waals surface area contributed by atoms with E-state index in [-0.39, 0.29) is 5.92 Å². The van der Waals surface area contributed by atoms with E-state index < -0.39 is 11.9 Å². The van der Waals surface area contributed by atoms with Gasteiger partial charge in [-0.25, -0.2) is 0 Å². The summed E-state index contributed by atoms with van der Waals surface area (Å²) in [4.78, 5) is 11.3. The third kappa shape index (κ3) is 1.21. The highest BCUT2D eigenvalue weighted by molar-refractivity contribution is 5.77. The molecule has 1 aromatic heterocycles. The summed E-state index contributed by atoms with van der Waals surface area (Å²) in [6, 6.07) is 1.78. The van der Waals surface area contributed by atoms with Crippen molar-refractivity contribution in [3.63, 3.8) is 0 Å². The second-order valence-corrected chi connectivity index (χ2v) is 4.28. The zero-order valence-corrected chi connectivity index (χ0v) is 8.18. The molecule has 1 saturated heterocycles. The SMILES string of the molecule is O=C(O)C1c2ccoc2CC2COCC21. The van der Waals surface area contributed by atoms with Crippen molar-refractivity contribution in [2.75, 3.05) is 13.2 Å². The molecule has 2 heterocycles. The van der Waals surface area contributed by atoms with Crippen LogP contribution >= 0.6 is 0 Å². The van der Waals surface area contributed by atoms with E-state index in [2.05, 4.69) is 0 Å². The van der Waals surface area contributed by atoms with Gasteiger partial charge in [-0.05, 0) is 12.0 Å². The Bertz CT molecular complexity index is 395. The summed E-state index contributed by atoms with van der Waals surface area (Å²) in [5.74, 6) is 0.0457. The highest BCUT2D eigenvalue weighted by Gasteiger charge is 2.45. The Labute approximate surface area is 86.8 Å². The quantitative estimate of drug-likeness (QED) is 0.754. The first-order valence-corrected chi connectivity index (χ1v) is 5.14. The molecule has 1 aliphatic heterocycles. The maximum Gasteiger partial charge on any atom is 0.311 e. The summed E-state index contributed by atoms with van der Waals surface area (Å²) in [6.07, 6.45) is 2.40. The van der Waals surface area contributed by atoms with Crippen molar-refractivity contribution >= 4 is 5.97 Å². The molecular formula is C11H12O4. The van der Waals surface area contributed by atoms with Gasteiger partial charge in [-0.2, -0.15) is 0 Å². The van der Waals surface area contributed by atoms with Gasteiger partial charge in [0.1, 0.15) is 5.76 Å². The third-order valence-corrected chi connectivity index (χ3v) is 3.50. The number of carboxylic acid groups (broad SMARTS) is 1. The Morgan fingerprint density at radius 2 is 2.33 bits per heavy atom. The molecule has 4 heteroatoms. The fourth-order valence-corrected chi connectivity index (χ4v) is 2.77. The number of furan rings is 1. The van der Waals surface area contributed by atoms with E-state index in [9.17, 15) is 9.90 Å². The fraction of sp³-hybridized carbons (Fsp3) is 0.545. The molecule has 4 nitrogen and oxygen atoms in total. The van der Waals surface area contributed by atoms with Crippen molar-refractivity contribution in [1.82, 2.24) is 0 Å². The lowest BCUT2D eigenvalue weighted by atomic mass is 9.73. The van der Waals surface area contributed by atoms with Crippen LogP contribution in [-0.4, -0.2) is 24.3 Å². The number of ether oxygens (including phenoxy) is 1. The van der Waals surface area contributed by atoms with Crippen molar-refractivity contribution in [2.24, 2.45) is 11.8 Å². The highest BCUT2D eigenvalue weighted by Crippen LogP contribution is 2.43. The Kier molecular flexibility index (Phi) is 1.85. The molecule has 0 spiro atoms. The minimum Gasteiger partial charge on any atom is -0.481 e. The Hall–Kier alpha value is -1.29. The maximum atomic E-state index is 11.3. The van der Waals surface area contributed by atoms with Crippen LogP contribution in [0.15, 0.2) is 16.7 Å². The summed E-state index contributed by atoms with van der Waals surface area (Å²) in [6.45, 7) is 1.22. The van der Waals surface area contributed by atoms with Gasteiger partial charge in [0.25, 0.3) is 0 Å². The average molecular weight is 208 g/mol. The lowest BCUT2D eigenvalue weighted by molar-refractivity contribution is -0.140. The molecule has 1 aliphatic carbocycles. The number of rotatable bonds is 1. The molecule has 0 bridgehead atoms. The van der Waals surface area contributed by atoms with E-state index in [4.69, 9.17) is 9.15 Å². The van der Waals surface area contributed by atoms with Crippen LogP contribution in [0.25, 0.3) is 0 Å². The molecular weight excluding hydrogens is 196 g/mol. The van der Waals surface area contributed by atoms with Crippen molar-refractivity contribution in [2.45, 2.75) is 12.3 Å². The molecule has 0 aromatic carbocycles. The van der Waals surface area contributed by atoms with Crippen LogP contribution in [-0.2, 0) is 16.0 Å². The second kappa shape index (κ2) is 3.10. The zero-order valence-electron chi connectivity index (χ0n) is 8.18. The molecule has 3 rings (SSSR count). The molecule has 0 amide bonds. The van der Waals surface area contributed by atoms with Crippen molar-refractivity contribution in [3.05, 3.63) is 23.7 Å². The van der Waals surface area contributed by atoms with Gasteiger partial charge in [0.2, 0.25) is 0 Å². The monoisotopic (exact) mass is 208 g/mol. The van der Waals surface area contributed by atoms with Gasteiger partial charge in [0.05, 0.1) is 25.4 Å². The maximum absolute atomic E-state index is 11.3. The standard InChI is InChI=1S/C11H12O4/c12-11(13)10-7-1-2-15-9(7)3-6-4-14-5-8(6)10/h1-2,6,8,10H,3-5H2,(H,12,13). The van der Waals surface area contributed by atoms with Gasteiger partial charge in [0, 0.05) is 17.9 Å². The molecule has 0 radical (unpaired) electrons. The van der Waals surface area contributed by atoms with Crippen LogP contribution in [0.4, 0.5) is 0 Å². The lowest BCUT2D eigenvalue weighted by Gasteiger charge is -2.28. The molecule has 1 fully saturated rings. The summed E-state index contributed by atoms with van der Waals surface area (Å²) < 4.78 is 10.7. The summed E-state index contributed by atoms with van der Waals surface area (Å²) >= 11 is 0. The fourth-order valence-electron chi connectivity index (χ4n) is 2.77. The van der Waals surface area contributed by atoms with E-state index >= 15 is 0 Å². The Morgan fingerprint density at radius 3 is 3.13 bits per heavy atom. The third-order valence-electron chi connectivity index (χ3n) is 3.50. The molecule has 1 aromatic rings. The van der Waals surface area contributed by atoms with Crippen molar-refractivity contribution in [3.8, 4) is 0 Å². The van der Waals surface area contributed by atoms with Crippen LogP contribution < -0.4 is 0 Å². The Balaban J connectivity index is 2.06. The zero-order chi connectivity index (χ0) is 10.4. The molecule has 2 aliphatic rings. The molecule has 15 heavy (non-hydrogen) atoms. The summed E-state index contributed by atoms with van der Waals surface area (Å²) in [7, 11) is 0. The minimum absolute atomic E-state index is 0.118. The number of carbonyl (C=O) groups is 1. The lowest BCUT2D eigenvalue weighted by Crippen LogP contribution is -2.32. The first kappa shape index (κ1) is 8.97. The van der Waals surface area contributed by atoms with E-state index in [1.54, 1.807) is 12.3 Å². The summed E-state index contributed by atoms with van der Waals surface area (Å²) in [5.41, 5.74) is 0.842. The van der Waals surface area contributed by atoms with Gasteiger partial charge in [-0.15, -0.1) is 0 Å². The van der Waals surface area contributed by atoms with Crippen LogP contribution in [0.1, 0.15) is 17.2 Å². The average Bonchev–Trinajstić information content (AvgIpc) is 2.79. The summed E-state index contributed by atoms with van der Waals surface area (Å²) in [5, 5.41) is 9.25. The van der Waals surface area contributed by atoms with Crippen LogP contribution in [0.2, 0.25) is 0 Å². The van der Waals surface area contributed by atoms with E-state index in [0.717, 1.165) is 17.7 Å². The largest absolute Gasteiger partial charge is 0.481 e. The van der Waals surface area contributed by atoms with Crippen LogP contribution in [0.3, 0.4) is 0 Å². The van der Waals surface area contributed by atoms with Crippen LogP contribution in [0, 0.1) is 11.8 Å². The molecule has 80 valence electrons. The molecule has 3 unspecified atom stereocenters. The number of aliphatic carboxylic acids is 1. The minimum atomic E-state index is -0.766. The van der Waals surface area contributed by atoms with Crippen molar-refractivity contribution in [1.29, 1.82) is 0 Å². The number of fused-ring (bicyclic) bond motifs is 2. The molecule has 3 atom stereocenters. The first-order chi connectivity index (χ1) is 7.27. The van der Waals surface area contributed by atoms with E-state index in [1.165, 1.54) is 0 Å². The van der Waals surface area contributed by atoms with Gasteiger partial charge < -0.3 is 14.3 Å². The van der Waals surface area contributed by atoms with Gasteiger partial charge in [-0.3, -0.25) is 4.79 Å². The predicted octanol–water partition coefficient (Wildman–Crippen LogP) is 1.27. The van der Waals surface area contributed by atoms with Crippen LogP contribution in [0.5, 0.6) is 0 Å². The first-order valence-electron chi connectivity index (χ1n) is 5.14. The number of carboxylic acids is 1. The van der Waals surface area contributed by atoms with Crippen molar-refractivity contribution < 1.29 is 19.1 Å². The van der Waals surface area contributed by atoms with Gasteiger partial charge >= 0.3 is 5.97 Å². The topological polar surface area (TPSA) is 59.7 Å². The predicted molar refractivity (Wildman–Crippen MR) is 50.6 cm³/mol. The van der Waals surface area contributed by atoms with E-state index in [1.807, 2.05) is 0 Å². The highest BCUT2D eigenvalue weighted by atomic mass is 16.5. The second-order valence-electron chi connectivity index (χ2n) is 4.28. The van der Waals surface area contributed by atoms with E-state index in [0.29, 0.717) is 19.1 Å². The number of hydrogen-bond donors (Lipinski definition) is 1.